The first-order chi connectivity index (χ1) is 16.6. The molecule has 0 radical (unpaired) electrons. The number of benzene rings is 2. The number of carbonyl (C=O) groups is 1. The summed E-state index contributed by atoms with van der Waals surface area (Å²) in [6.45, 7) is 4.90. The summed E-state index contributed by atoms with van der Waals surface area (Å²) in [4.78, 5) is 13.6. The van der Waals surface area contributed by atoms with Crippen molar-refractivity contribution >= 4 is 5.97 Å². The predicted octanol–water partition coefficient (Wildman–Crippen LogP) is 4.69. The van der Waals surface area contributed by atoms with Crippen molar-refractivity contribution in [1.29, 1.82) is 0 Å². The number of nitrogens with zero attached hydrogens (tertiary/aromatic N) is 1. The maximum Gasteiger partial charge on any atom is 0.343 e. The van der Waals surface area contributed by atoms with Gasteiger partial charge in [-0.3, -0.25) is 0 Å². The standard InChI is InChI=1S/C29H38NO4/c31-28(29(32,25-12-7-8-13-25)24-10-3-1-4-11-24)34-27-22-30(19-16-23(27)17-20-30)18-9-21-33-26-14-5-2-6-15-26/h1-6,10-11,14-15,23,25,27,32H,7-9,12-13,16-22H2/q+1/t23?,27-,29-,30?/m0/s1. The van der Waals surface area contributed by atoms with E-state index in [1.807, 2.05) is 60.7 Å². The van der Waals surface area contributed by atoms with Crippen molar-refractivity contribution in [1.82, 2.24) is 0 Å². The maximum atomic E-state index is 13.6. The van der Waals surface area contributed by atoms with E-state index in [0.29, 0.717) is 18.1 Å². The van der Waals surface area contributed by atoms with E-state index < -0.39 is 11.6 Å². The first kappa shape index (κ1) is 23.4. The molecule has 5 heteroatoms. The zero-order valence-electron chi connectivity index (χ0n) is 20.1. The second-order valence-electron chi connectivity index (χ2n) is 10.6. The molecule has 2 aromatic carbocycles. The van der Waals surface area contributed by atoms with Crippen molar-refractivity contribution in [3.8, 4) is 5.75 Å². The zero-order valence-corrected chi connectivity index (χ0v) is 20.1. The molecule has 4 fully saturated rings. The summed E-state index contributed by atoms with van der Waals surface area (Å²) in [6, 6.07) is 19.4. The lowest BCUT2D eigenvalue weighted by molar-refractivity contribution is -0.946. The van der Waals surface area contributed by atoms with E-state index in [0.717, 1.165) is 81.4 Å². The second-order valence-corrected chi connectivity index (χ2v) is 10.6. The summed E-state index contributed by atoms with van der Waals surface area (Å²) in [5.41, 5.74) is -0.867. The largest absolute Gasteiger partial charge is 0.493 e. The molecule has 2 aromatic rings. The Balaban J connectivity index is 1.23. The van der Waals surface area contributed by atoms with Gasteiger partial charge >= 0.3 is 5.97 Å². The van der Waals surface area contributed by atoms with Crippen molar-refractivity contribution in [3.63, 3.8) is 0 Å². The van der Waals surface area contributed by atoms with Crippen LogP contribution in [0.15, 0.2) is 60.7 Å². The van der Waals surface area contributed by atoms with Gasteiger partial charge in [0.05, 0.1) is 26.2 Å². The molecule has 1 aliphatic carbocycles. The van der Waals surface area contributed by atoms with Gasteiger partial charge in [-0.2, -0.15) is 0 Å². The van der Waals surface area contributed by atoms with Crippen LogP contribution < -0.4 is 4.74 Å². The molecule has 1 saturated carbocycles. The van der Waals surface area contributed by atoms with Crippen LogP contribution >= 0.6 is 0 Å². The zero-order chi connectivity index (χ0) is 23.4. The van der Waals surface area contributed by atoms with Gasteiger partial charge in [-0.25, -0.2) is 4.79 Å². The number of hydrogen-bond acceptors (Lipinski definition) is 4. The Kier molecular flexibility index (Phi) is 6.94. The number of esters is 1. The minimum atomic E-state index is -1.54. The molecular formula is C29H38NO4+. The Labute approximate surface area is 203 Å². The van der Waals surface area contributed by atoms with Crippen LogP contribution in [0.3, 0.4) is 0 Å². The highest BCUT2D eigenvalue weighted by Crippen LogP contribution is 2.43. The SMILES string of the molecule is O=C(O[C@H]1C[N+]2(CCCOc3ccccc3)CCC1CC2)[C@](O)(c1ccccc1)C1CCCC1. The lowest BCUT2D eigenvalue weighted by Crippen LogP contribution is -2.65. The second kappa shape index (κ2) is 10.1. The van der Waals surface area contributed by atoms with Crippen LogP contribution in [-0.4, -0.2) is 54.4 Å². The fraction of sp³-hybridized carbons (Fsp3) is 0.552. The molecule has 3 heterocycles. The molecule has 3 aliphatic heterocycles. The van der Waals surface area contributed by atoms with E-state index in [4.69, 9.17) is 9.47 Å². The summed E-state index contributed by atoms with van der Waals surface area (Å²) in [5.74, 6) is 0.823. The van der Waals surface area contributed by atoms with E-state index in [2.05, 4.69) is 0 Å². The first-order valence-electron chi connectivity index (χ1n) is 13.1. The number of para-hydroxylation sites is 1. The van der Waals surface area contributed by atoms with Crippen LogP contribution in [0.1, 0.15) is 50.5 Å². The number of aliphatic hydroxyl groups is 1. The average molecular weight is 465 g/mol. The number of ether oxygens (including phenoxy) is 2. The maximum absolute atomic E-state index is 13.6. The number of carbonyl (C=O) groups excluding carboxylic acids is 1. The van der Waals surface area contributed by atoms with E-state index >= 15 is 0 Å². The molecule has 5 nitrogen and oxygen atoms in total. The number of hydrogen-bond donors (Lipinski definition) is 1. The molecular weight excluding hydrogens is 426 g/mol. The molecule has 0 amide bonds. The topological polar surface area (TPSA) is 55.8 Å². The normalized spacial score (nSPS) is 28.4. The molecule has 6 rings (SSSR count). The third kappa shape index (κ3) is 4.73. The van der Waals surface area contributed by atoms with E-state index in [9.17, 15) is 9.90 Å². The lowest BCUT2D eigenvalue weighted by atomic mass is 9.79. The van der Waals surface area contributed by atoms with Crippen molar-refractivity contribution < 1.29 is 23.9 Å². The Bertz CT molecular complexity index is 935. The summed E-state index contributed by atoms with van der Waals surface area (Å²) < 4.78 is 13.1. The Morgan fingerprint density at radius 1 is 0.941 bits per heavy atom. The van der Waals surface area contributed by atoms with Crippen molar-refractivity contribution in [2.24, 2.45) is 11.8 Å². The number of rotatable bonds is 9. The molecule has 0 aromatic heterocycles. The van der Waals surface area contributed by atoms with Crippen molar-refractivity contribution in [2.45, 2.75) is 56.7 Å². The van der Waals surface area contributed by atoms with Gasteiger partial charge in [0, 0.05) is 31.1 Å². The highest BCUT2D eigenvalue weighted by molar-refractivity contribution is 5.81. The van der Waals surface area contributed by atoms with E-state index in [1.54, 1.807) is 0 Å². The van der Waals surface area contributed by atoms with E-state index in [-0.39, 0.29) is 12.0 Å². The lowest BCUT2D eigenvalue weighted by Gasteiger charge is -2.52. The molecule has 1 N–H and O–H groups in total. The van der Waals surface area contributed by atoms with Gasteiger partial charge < -0.3 is 19.1 Å². The highest BCUT2D eigenvalue weighted by Gasteiger charge is 2.52. The van der Waals surface area contributed by atoms with Crippen LogP contribution in [0, 0.1) is 11.8 Å². The van der Waals surface area contributed by atoms with Gasteiger partial charge in [0.1, 0.15) is 12.3 Å². The third-order valence-corrected chi connectivity index (χ3v) is 8.56. The van der Waals surface area contributed by atoms with Crippen LogP contribution in [0.5, 0.6) is 5.75 Å². The minimum absolute atomic E-state index is 0.0678. The van der Waals surface area contributed by atoms with Gasteiger partial charge in [-0.15, -0.1) is 0 Å². The molecule has 0 spiro atoms. The smallest absolute Gasteiger partial charge is 0.343 e. The minimum Gasteiger partial charge on any atom is -0.493 e. The Morgan fingerprint density at radius 3 is 2.26 bits per heavy atom. The first-order valence-corrected chi connectivity index (χ1v) is 13.1. The number of quaternary nitrogens is 1. The third-order valence-electron chi connectivity index (χ3n) is 8.56. The van der Waals surface area contributed by atoms with Gasteiger partial charge in [-0.05, 0) is 30.5 Å². The Morgan fingerprint density at radius 2 is 1.59 bits per heavy atom. The molecule has 2 atom stereocenters. The van der Waals surface area contributed by atoms with Gasteiger partial charge in [0.2, 0.25) is 0 Å². The fourth-order valence-electron chi connectivity index (χ4n) is 6.56. The highest BCUT2D eigenvalue weighted by atomic mass is 16.6. The number of piperidine rings is 3. The molecule has 2 bridgehead atoms. The van der Waals surface area contributed by atoms with E-state index in [1.165, 1.54) is 0 Å². The van der Waals surface area contributed by atoms with Crippen LogP contribution in [0.4, 0.5) is 0 Å². The molecule has 34 heavy (non-hydrogen) atoms. The monoisotopic (exact) mass is 464 g/mol. The van der Waals surface area contributed by atoms with Crippen LogP contribution in [-0.2, 0) is 15.1 Å². The predicted molar refractivity (Wildman–Crippen MR) is 131 cm³/mol. The van der Waals surface area contributed by atoms with Gasteiger partial charge in [0.25, 0.3) is 0 Å². The van der Waals surface area contributed by atoms with Crippen LogP contribution in [0.25, 0.3) is 0 Å². The van der Waals surface area contributed by atoms with Gasteiger partial charge in [0.15, 0.2) is 11.7 Å². The number of fused-ring (bicyclic) bond motifs is 3. The molecule has 182 valence electrons. The summed E-state index contributed by atoms with van der Waals surface area (Å²) >= 11 is 0. The van der Waals surface area contributed by atoms with Crippen molar-refractivity contribution in [2.75, 3.05) is 32.8 Å². The average Bonchev–Trinajstić information content (AvgIpc) is 3.44. The molecule has 3 saturated heterocycles. The fourth-order valence-corrected chi connectivity index (χ4v) is 6.56. The molecule has 0 unspecified atom stereocenters. The summed E-state index contributed by atoms with van der Waals surface area (Å²) in [7, 11) is 0. The van der Waals surface area contributed by atoms with Crippen molar-refractivity contribution in [3.05, 3.63) is 66.2 Å². The summed E-state index contributed by atoms with van der Waals surface area (Å²) in [5, 5.41) is 11.8. The molecule has 4 aliphatic rings. The van der Waals surface area contributed by atoms with Gasteiger partial charge in [-0.1, -0.05) is 61.4 Å². The Hall–Kier alpha value is -2.37. The van der Waals surface area contributed by atoms with Crippen LogP contribution in [0.2, 0.25) is 0 Å². The summed E-state index contributed by atoms with van der Waals surface area (Å²) in [6.07, 6.45) is 6.91. The quantitative estimate of drug-likeness (QED) is 0.332.